The van der Waals surface area contributed by atoms with Crippen molar-refractivity contribution in [3.8, 4) is 6.07 Å². The van der Waals surface area contributed by atoms with Gasteiger partial charge < -0.3 is 5.32 Å². The Balaban J connectivity index is 1.60. The molecular formula is C21H26N4O3S2. The summed E-state index contributed by atoms with van der Waals surface area (Å²) < 4.78 is 27.5. The van der Waals surface area contributed by atoms with Crippen LogP contribution in [0.2, 0.25) is 0 Å². The normalized spacial score (nSPS) is 15.7. The molecule has 0 atom stereocenters. The molecule has 9 heteroatoms. The second-order valence-corrected chi connectivity index (χ2v) is 10.7. The minimum absolute atomic E-state index is 0.165. The zero-order valence-electron chi connectivity index (χ0n) is 17.7. The number of carbonyl (C=O) groups is 1. The summed E-state index contributed by atoms with van der Waals surface area (Å²) in [5.74, 6) is -0.196. The molecule has 0 unspecified atom stereocenters. The van der Waals surface area contributed by atoms with Crippen LogP contribution in [0.4, 0.5) is 5.00 Å². The van der Waals surface area contributed by atoms with Crippen LogP contribution in [-0.4, -0.2) is 56.3 Å². The fourth-order valence-corrected chi connectivity index (χ4v) is 6.23. The second kappa shape index (κ2) is 8.86. The zero-order chi connectivity index (χ0) is 22.1. The molecule has 1 N–H and O–H groups in total. The van der Waals surface area contributed by atoms with Crippen molar-refractivity contribution >= 4 is 32.3 Å². The van der Waals surface area contributed by atoms with Crippen LogP contribution >= 0.6 is 11.3 Å². The standard InChI is InChI=1S/C21H26N4O3S2/c1-14-5-6-19(15(2)11-14)30(27,28)25-9-7-24(8-10-25)13-20(26)23-21-18(12-22)16(3)17(4)29-21/h5-6,11H,7-10,13H2,1-4H3,(H,23,26). The SMILES string of the molecule is Cc1ccc(S(=O)(=O)N2CCN(CC(=O)Nc3sc(C)c(C)c3C#N)CC2)c(C)c1. The fourth-order valence-electron chi connectivity index (χ4n) is 3.57. The van der Waals surface area contributed by atoms with Crippen molar-refractivity contribution < 1.29 is 13.2 Å². The average molecular weight is 447 g/mol. The van der Waals surface area contributed by atoms with Crippen LogP contribution in [0.5, 0.6) is 0 Å². The number of thiophene rings is 1. The first kappa shape index (κ1) is 22.4. The van der Waals surface area contributed by atoms with Crippen molar-refractivity contribution in [2.45, 2.75) is 32.6 Å². The van der Waals surface area contributed by atoms with Crippen LogP contribution in [-0.2, 0) is 14.8 Å². The van der Waals surface area contributed by atoms with Gasteiger partial charge in [0.25, 0.3) is 0 Å². The molecule has 1 fully saturated rings. The van der Waals surface area contributed by atoms with Gasteiger partial charge in [0.15, 0.2) is 0 Å². The van der Waals surface area contributed by atoms with E-state index in [0.717, 1.165) is 21.6 Å². The number of aryl methyl sites for hydroxylation is 3. The Hall–Kier alpha value is -2.25. The number of nitrogens with one attached hydrogen (secondary N) is 1. The zero-order valence-corrected chi connectivity index (χ0v) is 19.3. The summed E-state index contributed by atoms with van der Waals surface area (Å²) in [6, 6.07) is 7.49. The van der Waals surface area contributed by atoms with E-state index >= 15 is 0 Å². The molecule has 2 aromatic rings. The van der Waals surface area contributed by atoms with Gasteiger partial charge in [-0.1, -0.05) is 17.7 Å². The summed E-state index contributed by atoms with van der Waals surface area (Å²) in [5, 5.41) is 12.7. The highest BCUT2D eigenvalue weighted by atomic mass is 32.2. The Morgan fingerprint density at radius 3 is 2.43 bits per heavy atom. The highest BCUT2D eigenvalue weighted by Crippen LogP contribution is 2.31. The number of sulfonamides is 1. The fraction of sp³-hybridized carbons (Fsp3) is 0.429. The summed E-state index contributed by atoms with van der Waals surface area (Å²) in [6.45, 7) is 9.33. The third-order valence-electron chi connectivity index (χ3n) is 5.40. The van der Waals surface area contributed by atoms with E-state index < -0.39 is 10.0 Å². The first-order chi connectivity index (χ1) is 14.1. The number of amides is 1. The van der Waals surface area contributed by atoms with E-state index in [1.54, 1.807) is 6.07 Å². The highest BCUT2D eigenvalue weighted by molar-refractivity contribution is 7.89. The number of hydrogen-bond acceptors (Lipinski definition) is 6. The molecule has 1 aromatic heterocycles. The number of nitriles is 1. The molecule has 7 nitrogen and oxygen atoms in total. The van der Waals surface area contributed by atoms with Gasteiger partial charge >= 0.3 is 0 Å². The van der Waals surface area contributed by atoms with Crippen LogP contribution in [0.3, 0.4) is 0 Å². The van der Waals surface area contributed by atoms with E-state index in [0.29, 0.717) is 41.6 Å². The van der Waals surface area contributed by atoms with E-state index in [2.05, 4.69) is 11.4 Å². The monoisotopic (exact) mass is 446 g/mol. The van der Waals surface area contributed by atoms with Crippen molar-refractivity contribution in [3.05, 3.63) is 45.3 Å². The molecule has 0 saturated carbocycles. The van der Waals surface area contributed by atoms with Gasteiger partial charge in [-0.3, -0.25) is 9.69 Å². The Kier molecular flexibility index (Phi) is 6.62. The van der Waals surface area contributed by atoms with Crippen molar-refractivity contribution in [1.82, 2.24) is 9.21 Å². The third kappa shape index (κ3) is 4.57. The van der Waals surface area contributed by atoms with Gasteiger partial charge in [0.2, 0.25) is 15.9 Å². The second-order valence-electron chi connectivity index (χ2n) is 7.60. The average Bonchev–Trinajstić information content (AvgIpc) is 2.94. The molecule has 1 aliphatic heterocycles. The van der Waals surface area contributed by atoms with Gasteiger partial charge in [0.05, 0.1) is 17.0 Å². The van der Waals surface area contributed by atoms with Crippen LogP contribution in [0.15, 0.2) is 23.1 Å². The van der Waals surface area contributed by atoms with Gasteiger partial charge in [-0.15, -0.1) is 11.3 Å². The number of hydrogen-bond donors (Lipinski definition) is 1. The topological polar surface area (TPSA) is 93.5 Å². The lowest BCUT2D eigenvalue weighted by Gasteiger charge is -2.33. The predicted molar refractivity (Wildman–Crippen MR) is 118 cm³/mol. The van der Waals surface area contributed by atoms with Gasteiger partial charge in [0, 0.05) is 31.1 Å². The maximum Gasteiger partial charge on any atom is 0.243 e. The van der Waals surface area contributed by atoms with Crippen molar-refractivity contribution in [2.75, 3.05) is 38.0 Å². The first-order valence-corrected chi connectivity index (χ1v) is 12.0. The first-order valence-electron chi connectivity index (χ1n) is 9.73. The van der Waals surface area contributed by atoms with Crippen LogP contribution < -0.4 is 5.32 Å². The molecule has 30 heavy (non-hydrogen) atoms. The summed E-state index contributed by atoms with van der Waals surface area (Å²) in [5.41, 5.74) is 3.17. The molecular weight excluding hydrogens is 420 g/mol. The minimum atomic E-state index is -3.55. The van der Waals surface area contributed by atoms with E-state index in [1.165, 1.54) is 15.6 Å². The number of piperazine rings is 1. The number of nitrogens with zero attached hydrogens (tertiary/aromatic N) is 3. The number of benzene rings is 1. The van der Waals surface area contributed by atoms with Crippen molar-refractivity contribution in [2.24, 2.45) is 0 Å². The van der Waals surface area contributed by atoms with Gasteiger partial charge in [-0.25, -0.2) is 8.42 Å². The van der Waals surface area contributed by atoms with Gasteiger partial charge in [-0.2, -0.15) is 9.57 Å². The number of anilines is 1. The Labute approximate surface area is 182 Å². The summed E-state index contributed by atoms with van der Waals surface area (Å²) in [4.78, 5) is 15.7. The lowest BCUT2D eigenvalue weighted by atomic mass is 10.2. The van der Waals surface area contributed by atoms with Crippen LogP contribution in [0, 0.1) is 39.0 Å². The smallest absolute Gasteiger partial charge is 0.243 e. The molecule has 0 aliphatic carbocycles. The molecule has 1 aromatic carbocycles. The molecule has 1 amide bonds. The van der Waals surface area contributed by atoms with Crippen molar-refractivity contribution in [3.63, 3.8) is 0 Å². The molecule has 160 valence electrons. The highest BCUT2D eigenvalue weighted by Gasteiger charge is 2.30. The maximum absolute atomic E-state index is 13.0. The molecule has 1 aliphatic rings. The number of carbonyl (C=O) groups excluding carboxylic acids is 1. The van der Waals surface area contributed by atoms with E-state index in [9.17, 15) is 18.5 Å². The lowest BCUT2D eigenvalue weighted by Crippen LogP contribution is -2.50. The summed E-state index contributed by atoms with van der Waals surface area (Å²) in [6.07, 6.45) is 0. The van der Waals surface area contributed by atoms with E-state index in [1.807, 2.05) is 44.7 Å². The Morgan fingerprint density at radius 2 is 1.83 bits per heavy atom. The maximum atomic E-state index is 13.0. The third-order valence-corrected chi connectivity index (χ3v) is 8.58. The largest absolute Gasteiger partial charge is 0.315 e. The predicted octanol–water partition coefficient (Wildman–Crippen LogP) is 2.80. The van der Waals surface area contributed by atoms with Gasteiger partial charge in [-0.05, 0) is 44.9 Å². The quantitative estimate of drug-likeness (QED) is 0.762. The molecule has 1 saturated heterocycles. The molecule has 0 bridgehead atoms. The lowest BCUT2D eigenvalue weighted by molar-refractivity contribution is -0.117. The molecule has 2 heterocycles. The Morgan fingerprint density at radius 1 is 1.17 bits per heavy atom. The molecule has 3 rings (SSSR count). The van der Waals surface area contributed by atoms with E-state index in [4.69, 9.17) is 0 Å². The summed E-state index contributed by atoms with van der Waals surface area (Å²) in [7, 11) is -3.55. The Bertz CT molecular complexity index is 1110. The minimum Gasteiger partial charge on any atom is -0.315 e. The number of rotatable bonds is 5. The summed E-state index contributed by atoms with van der Waals surface area (Å²) >= 11 is 1.40. The van der Waals surface area contributed by atoms with E-state index in [-0.39, 0.29) is 12.5 Å². The van der Waals surface area contributed by atoms with Crippen LogP contribution in [0.1, 0.15) is 27.1 Å². The van der Waals surface area contributed by atoms with Crippen LogP contribution in [0.25, 0.3) is 0 Å². The molecule has 0 radical (unpaired) electrons. The van der Waals surface area contributed by atoms with Crippen molar-refractivity contribution in [1.29, 1.82) is 5.26 Å². The molecule has 0 spiro atoms. The van der Waals surface area contributed by atoms with Gasteiger partial charge in [0.1, 0.15) is 11.1 Å².